The fraction of sp³-hybridized carbons (Fsp3) is 0.455. The van der Waals surface area contributed by atoms with E-state index in [0.717, 1.165) is 12.3 Å². The summed E-state index contributed by atoms with van der Waals surface area (Å²) in [5, 5.41) is -0.801. The summed E-state index contributed by atoms with van der Waals surface area (Å²) in [4.78, 5) is 0. The van der Waals surface area contributed by atoms with Crippen LogP contribution in [0.4, 0.5) is 8.78 Å². The summed E-state index contributed by atoms with van der Waals surface area (Å²) in [6, 6.07) is 3.09. The van der Waals surface area contributed by atoms with Crippen molar-refractivity contribution in [1.29, 1.82) is 0 Å². The molecule has 0 aliphatic carbocycles. The summed E-state index contributed by atoms with van der Waals surface area (Å²) in [6.07, 6.45) is 1.07. The maximum Gasteiger partial charge on any atom is 0.162 e. The molecule has 0 bridgehead atoms. The number of hydrogen-bond donors (Lipinski definition) is 2. The van der Waals surface area contributed by atoms with Gasteiger partial charge in [0.15, 0.2) is 21.5 Å². The molecule has 0 amide bonds. The summed E-state index contributed by atoms with van der Waals surface area (Å²) in [6.45, 7) is 1.47. The highest BCUT2D eigenvalue weighted by atomic mass is 32.2. The van der Waals surface area contributed by atoms with E-state index in [1.807, 2.05) is 0 Å². The van der Waals surface area contributed by atoms with Crippen LogP contribution in [0.1, 0.15) is 12.5 Å². The molecule has 0 aliphatic heterocycles. The molecule has 0 radical (unpaired) electrons. The molecule has 0 aliphatic rings. The Morgan fingerprint density at radius 1 is 1.39 bits per heavy atom. The van der Waals surface area contributed by atoms with Crippen molar-refractivity contribution in [2.45, 2.75) is 24.6 Å². The van der Waals surface area contributed by atoms with Crippen LogP contribution in [0.15, 0.2) is 18.2 Å². The molecule has 2 unspecified atom stereocenters. The summed E-state index contributed by atoms with van der Waals surface area (Å²) in [7, 11) is -3.32. The molecule has 1 aromatic rings. The maximum atomic E-state index is 13.5. The van der Waals surface area contributed by atoms with Crippen molar-refractivity contribution in [2.24, 2.45) is 5.84 Å². The number of nitrogens with two attached hydrogens (primary N) is 1. The molecule has 102 valence electrons. The number of hydrazine groups is 1. The minimum Gasteiger partial charge on any atom is -0.271 e. The van der Waals surface area contributed by atoms with Crippen LogP contribution >= 0.6 is 0 Å². The zero-order chi connectivity index (χ0) is 13.9. The summed E-state index contributed by atoms with van der Waals surface area (Å²) in [5.74, 6) is 3.34. The fourth-order valence-corrected chi connectivity index (χ4v) is 2.37. The normalized spacial score (nSPS) is 15.4. The molecule has 0 heterocycles. The molecule has 1 rings (SSSR count). The molecule has 0 saturated carbocycles. The van der Waals surface area contributed by atoms with Crippen LogP contribution in [0, 0.1) is 11.6 Å². The monoisotopic (exact) mass is 278 g/mol. The molecule has 1 aromatic carbocycles. The van der Waals surface area contributed by atoms with Gasteiger partial charge in [0.1, 0.15) is 0 Å². The molecule has 3 N–H and O–H groups in total. The second-order valence-corrected chi connectivity index (χ2v) is 6.63. The first-order chi connectivity index (χ1) is 8.27. The highest BCUT2D eigenvalue weighted by molar-refractivity contribution is 7.91. The van der Waals surface area contributed by atoms with Gasteiger partial charge in [0.2, 0.25) is 0 Å². The molecular formula is C11H16F2N2O2S. The molecule has 0 aromatic heterocycles. The Kier molecular flexibility index (Phi) is 4.78. The van der Waals surface area contributed by atoms with Gasteiger partial charge in [0.25, 0.3) is 0 Å². The molecule has 18 heavy (non-hydrogen) atoms. The van der Waals surface area contributed by atoms with E-state index in [1.54, 1.807) is 0 Å². The zero-order valence-corrected chi connectivity index (χ0v) is 11.0. The van der Waals surface area contributed by atoms with Gasteiger partial charge in [0, 0.05) is 12.3 Å². The van der Waals surface area contributed by atoms with Crippen molar-refractivity contribution in [3.8, 4) is 0 Å². The smallest absolute Gasteiger partial charge is 0.162 e. The Bertz CT molecular complexity index is 520. The summed E-state index contributed by atoms with van der Waals surface area (Å²) in [5.41, 5.74) is 2.43. The first-order valence-corrected chi connectivity index (χ1v) is 7.30. The lowest BCUT2D eigenvalue weighted by molar-refractivity contribution is 0.464. The molecule has 0 fully saturated rings. The quantitative estimate of drug-likeness (QED) is 0.616. The van der Waals surface area contributed by atoms with Gasteiger partial charge in [-0.3, -0.25) is 11.3 Å². The lowest BCUT2D eigenvalue weighted by atomic mass is 10.0. The number of nitrogens with one attached hydrogen (secondary N) is 1. The minimum atomic E-state index is -3.32. The van der Waals surface area contributed by atoms with E-state index in [9.17, 15) is 17.2 Å². The SMILES string of the molecule is CC(C(Cc1cccc(F)c1F)NN)S(C)(=O)=O. The van der Waals surface area contributed by atoms with Gasteiger partial charge in [0.05, 0.1) is 5.25 Å². The standard InChI is InChI=1S/C11H16F2N2O2S/c1-7(18(2,16)17)10(15-14)6-8-4-3-5-9(12)11(8)13/h3-5,7,10,15H,6,14H2,1-2H3. The Morgan fingerprint density at radius 3 is 2.50 bits per heavy atom. The second-order valence-electron chi connectivity index (χ2n) is 4.22. The molecule has 0 saturated heterocycles. The Balaban J connectivity index is 2.97. The third kappa shape index (κ3) is 3.47. The van der Waals surface area contributed by atoms with E-state index in [4.69, 9.17) is 5.84 Å². The third-order valence-corrected chi connectivity index (χ3v) is 4.61. The average molecular weight is 278 g/mol. The van der Waals surface area contributed by atoms with Crippen LogP contribution in [0.2, 0.25) is 0 Å². The number of halogens is 2. The van der Waals surface area contributed by atoms with Gasteiger partial charge in [-0.2, -0.15) is 0 Å². The third-order valence-electron chi connectivity index (χ3n) is 2.93. The first-order valence-electron chi connectivity index (χ1n) is 5.35. The largest absolute Gasteiger partial charge is 0.271 e. The highest BCUT2D eigenvalue weighted by Crippen LogP contribution is 2.16. The number of sulfone groups is 1. The van der Waals surface area contributed by atoms with E-state index < -0.39 is 32.8 Å². The number of rotatable bonds is 5. The molecular weight excluding hydrogens is 262 g/mol. The van der Waals surface area contributed by atoms with E-state index in [2.05, 4.69) is 5.43 Å². The van der Waals surface area contributed by atoms with Crippen LogP contribution in [0.5, 0.6) is 0 Å². The second kappa shape index (κ2) is 5.73. The van der Waals surface area contributed by atoms with E-state index in [-0.39, 0.29) is 12.0 Å². The van der Waals surface area contributed by atoms with Crippen LogP contribution in [-0.2, 0) is 16.3 Å². The van der Waals surface area contributed by atoms with Gasteiger partial charge in [-0.1, -0.05) is 12.1 Å². The highest BCUT2D eigenvalue weighted by Gasteiger charge is 2.26. The predicted octanol–water partition coefficient (Wildman–Crippen LogP) is 0.772. The van der Waals surface area contributed by atoms with Crippen molar-refractivity contribution in [3.63, 3.8) is 0 Å². The van der Waals surface area contributed by atoms with Crippen molar-refractivity contribution in [2.75, 3.05) is 6.26 Å². The van der Waals surface area contributed by atoms with Gasteiger partial charge < -0.3 is 0 Å². The first kappa shape index (κ1) is 15.0. The average Bonchev–Trinajstić information content (AvgIpc) is 2.29. The van der Waals surface area contributed by atoms with Gasteiger partial charge in [-0.25, -0.2) is 17.2 Å². The van der Waals surface area contributed by atoms with Crippen molar-refractivity contribution < 1.29 is 17.2 Å². The summed E-state index contributed by atoms with van der Waals surface area (Å²) >= 11 is 0. The topological polar surface area (TPSA) is 72.2 Å². The Morgan fingerprint density at radius 2 is 2.00 bits per heavy atom. The molecule has 2 atom stereocenters. The predicted molar refractivity (Wildman–Crippen MR) is 65.5 cm³/mol. The number of hydrogen-bond acceptors (Lipinski definition) is 4. The van der Waals surface area contributed by atoms with Gasteiger partial charge in [-0.15, -0.1) is 0 Å². The van der Waals surface area contributed by atoms with Crippen LogP contribution < -0.4 is 11.3 Å². The molecule has 0 spiro atoms. The minimum absolute atomic E-state index is 0.00562. The van der Waals surface area contributed by atoms with Crippen molar-refractivity contribution >= 4 is 9.84 Å². The zero-order valence-electron chi connectivity index (χ0n) is 10.2. The fourth-order valence-electron chi connectivity index (χ4n) is 1.60. The van der Waals surface area contributed by atoms with E-state index in [1.165, 1.54) is 19.1 Å². The van der Waals surface area contributed by atoms with Crippen LogP contribution in [0.25, 0.3) is 0 Å². The Labute approximate surface area is 105 Å². The lowest BCUT2D eigenvalue weighted by Crippen LogP contribution is -2.47. The molecule has 4 nitrogen and oxygen atoms in total. The van der Waals surface area contributed by atoms with Gasteiger partial charge >= 0.3 is 0 Å². The maximum absolute atomic E-state index is 13.5. The van der Waals surface area contributed by atoms with Gasteiger partial charge in [-0.05, 0) is 25.0 Å². The molecule has 7 heteroatoms. The lowest BCUT2D eigenvalue weighted by Gasteiger charge is -2.22. The van der Waals surface area contributed by atoms with Crippen LogP contribution in [0.3, 0.4) is 0 Å². The van der Waals surface area contributed by atoms with E-state index in [0.29, 0.717) is 0 Å². The van der Waals surface area contributed by atoms with Crippen molar-refractivity contribution in [3.05, 3.63) is 35.4 Å². The summed E-state index contributed by atoms with van der Waals surface area (Å²) < 4.78 is 49.3. The van der Waals surface area contributed by atoms with Crippen LogP contribution in [-0.4, -0.2) is 26.0 Å². The Hall–Kier alpha value is -1.05. The van der Waals surface area contributed by atoms with E-state index >= 15 is 0 Å². The number of benzene rings is 1. The van der Waals surface area contributed by atoms with Crippen molar-refractivity contribution in [1.82, 2.24) is 5.43 Å².